The van der Waals surface area contributed by atoms with E-state index in [0.29, 0.717) is 5.56 Å². The minimum absolute atomic E-state index is 0.0118. The number of hydrogen-bond acceptors (Lipinski definition) is 7. The summed E-state index contributed by atoms with van der Waals surface area (Å²) in [6.07, 6.45) is 0. The number of ether oxygens (including phenoxy) is 1. The Bertz CT molecular complexity index is 1500. The van der Waals surface area contributed by atoms with Crippen LogP contribution in [-0.4, -0.2) is 38.7 Å². The van der Waals surface area contributed by atoms with Gasteiger partial charge in [0.15, 0.2) is 6.61 Å². The molecule has 4 rings (SSSR count). The number of amides is 3. The summed E-state index contributed by atoms with van der Waals surface area (Å²) in [5.41, 5.74) is 0.948. The topological polar surface area (TPSA) is 153 Å². The first-order chi connectivity index (χ1) is 17.1. The molecule has 1 heterocycles. The Hall–Kier alpha value is -4.06. The molecule has 184 valence electrons. The first kappa shape index (κ1) is 25.0. The van der Waals surface area contributed by atoms with E-state index in [1.54, 1.807) is 18.2 Å². The lowest BCUT2D eigenvalue weighted by molar-refractivity contribution is -0.124. The lowest BCUT2D eigenvalue weighted by Gasteiger charge is -2.15. The quantitative estimate of drug-likeness (QED) is 0.353. The van der Waals surface area contributed by atoms with E-state index in [9.17, 15) is 27.6 Å². The van der Waals surface area contributed by atoms with E-state index in [1.165, 1.54) is 48.5 Å². The van der Waals surface area contributed by atoms with Gasteiger partial charge in [-0.05, 0) is 48.0 Å². The number of anilines is 1. The molecule has 0 saturated carbocycles. The van der Waals surface area contributed by atoms with Crippen molar-refractivity contribution in [3.8, 4) is 0 Å². The van der Waals surface area contributed by atoms with Gasteiger partial charge in [0, 0.05) is 6.54 Å². The second kappa shape index (κ2) is 9.90. The van der Waals surface area contributed by atoms with Gasteiger partial charge in [-0.2, -0.15) is 0 Å². The number of esters is 1. The van der Waals surface area contributed by atoms with Gasteiger partial charge < -0.3 is 10.1 Å². The van der Waals surface area contributed by atoms with Crippen LogP contribution in [0.4, 0.5) is 5.69 Å². The van der Waals surface area contributed by atoms with Gasteiger partial charge in [-0.15, -0.1) is 0 Å². The summed E-state index contributed by atoms with van der Waals surface area (Å²) >= 11 is 6.13. The molecule has 0 bridgehead atoms. The van der Waals surface area contributed by atoms with Crippen molar-refractivity contribution in [2.75, 3.05) is 11.5 Å². The van der Waals surface area contributed by atoms with Gasteiger partial charge in [-0.3, -0.25) is 14.4 Å². The van der Waals surface area contributed by atoms with Gasteiger partial charge in [-0.25, -0.2) is 23.3 Å². The highest BCUT2D eigenvalue weighted by Gasteiger charge is 2.38. The molecule has 3 N–H and O–H groups in total. The van der Waals surface area contributed by atoms with Crippen LogP contribution >= 0.6 is 11.6 Å². The van der Waals surface area contributed by atoms with E-state index in [0.717, 1.165) is 4.90 Å². The second-order valence-corrected chi connectivity index (χ2v) is 9.67. The van der Waals surface area contributed by atoms with Crippen LogP contribution < -0.4 is 15.4 Å². The summed E-state index contributed by atoms with van der Waals surface area (Å²) in [5, 5.41) is 7.79. The maximum atomic E-state index is 12.9. The highest BCUT2D eigenvalue weighted by molar-refractivity contribution is 7.89. The number of primary sulfonamides is 1. The van der Waals surface area contributed by atoms with Gasteiger partial charge >= 0.3 is 5.97 Å². The minimum atomic E-state index is -3.82. The number of nitrogens with zero attached hydrogens (tertiary/aromatic N) is 1. The Morgan fingerprint density at radius 3 is 2.28 bits per heavy atom. The molecule has 0 saturated heterocycles. The van der Waals surface area contributed by atoms with Gasteiger partial charge in [0.05, 0.1) is 32.3 Å². The number of rotatable bonds is 7. The average molecular weight is 528 g/mol. The Labute approximate surface area is 210 Å². The zero-order valence-corrected chi connectivity index (χ0v) is 20.0. The average Bonchev–Trinajstić information content (AvgIpc) is 3.10. The molecule has 0 unspecified atom stereocenters. The van der Waals surface area contributed by atoms with E-state index in [2.05, 4.69) is 5.32 Å². The number of sulfonamides is 1. The Balaban J connectivity index is 1.37. The summed E-state index contributed by atoms with van der Waals surface area (Å²) in [6, 6.07) is 15.9. The van der Waals surface area contributed by atoms with Crippen LogP contribution in [0.25, 0.3) is 0 Å². The number of carbonyl (C=O) groups is 4. The van der Waals surface area contributed by atoms with E-state index in [-0.39, 0.29) is 38.8 Å². The van der Waals surface area contributed by atoms with E-state index >= 15 is 0 Å². The smallest absolute Gasteiger partial charge is 0.338 e. The van der Waals surface area contributed by atoms with Crippen LogP contribution in [0.5, 0.6) is 0 Å². The lowest BCUT2D eigenvalue weighted by Crippen LogP contribution is -2.29. The van der Waals surface area contributed by atoms with Crippen molar-refractivity contribution in [1.82, 2.24) is 5.32 Å². The first-order valence-corrected chi connectivity index (χ1v) is 12.3. The van der Waals surface area contributed by atoms with Crippen molar-refractivity contribution in [1.29, 1.82) is 0 Å². The molecule has 3 amide bonds. The van der Waals surface area contributed by atoms with Crippen LogP contribution in [-0.2, 0) is 26.1 Å². The fourth-order valence-electron chi connectivity index (χ4n) is 3.48. The monoisotopic (exact) mass is 527 g/mol. The summed E-state index contributed by atoms with van der Waals surface area (Å²) in [7, 11) is -3.82. The number of hydrogen-bond donors (Lipinski definition) is 2. The van der Waals surface area contributed by atoms with E-state index in [1.807, 2.05) is 0 Å². The number of fused-ring (bicyclic) bond motifs is 1. The van der Waals surface area contributed by atoms with Gasteiger partial charge in [-0.1, -0.05) is 35.9 Å². The summed E-state index contributed by atoms with van der Waals surface area (Å²) in [6.45, 7) is -0.529. The zero-order valence-electron chi connectivity index (χ0n) is 18.4. The summed E-state index contributed by atoms with van der Waals surface area (Å²) in [5.74, 6) is -2.67. The molecule has 12 heteroatoms. The van der Waals surface area contributed by atoms with Crippen molar-refractivity contribution >= 4 is 51.0 Å². The molecule has 3 aromatic carbocycles. The number of para-hydroxylation sites is 1. The minimum Gasteiger partial charge on any atom is -0.452 e. The molecule has 0 aromatic heterocycles. The third-order valence-electron chi connectivity index (χ3n) is 5.29. The van der Waals surface area contributed by atoms with E-state index in [4.69, 9.17) is 21.5 Å². The van der Waals surface area contributed by atoms with Crippen LogP contribution in [0.15, 0.2) is 71.6 Å². The lowest BCUT2D eigenvalue weighted by atomic mass is 10.1. The predicted molar refractivity (Wildman–Crippen MR) is 129 cm³/mol. The van der Waals surface area contributed by atoms with Gasteiger partial charge in [0.25, 0.3) is 17.7 Å². The number of imide groups is 1. The summed E-state index contributed by atoms with van der Waals surface area (Å²) in [4.78, 5) is 51.0. The largest absolute Gasteiger partial charge is 0.452 e. The SMILES string of the molecule is NS(=O)(=O)c1ccc(CNC(=O)COC(=O)c2ccc3c(c2)C(=O)N(c2ccccc2Cl)C3=O)cc1. The van der Waals surface area contributed by atoms with Crippen molar-refractivity contribution in [3.63, 3.8) is 0 Å². The molecule has 0 atom stereocenters. The van der Waals surface area contributed by atoms with Crippen molar-refractivity contribution in [2.24, 2.45) is 5.14 Å². The molecular formula is C24H18ClN3O7S. The Morgan fingerprint density at radius 2 is 1.61 bits per heavy atom. The van der Waals surface area contributed by atoms with Gasteiger partial charge in [0.2, 0.25) is 10.0 Å². The van der Waals surface area contributed by atoms with Crippen LogP contribution in [0.3, 0.4) is 0 Å². The molecule has 1 aliphatic rings. The normalized spacial score (nSPS) is 12.9. The van der Waals surface area contributed by atoms with Crippen LogP contribution in [0, 0.1) is 0 Å². The fraction of sp³-hybridized carbons (Fsp3) is 0.0833. The number of halogens is 1. The first-order valence-electron chi connectivity index (χ1n) is 10.4. The van der Waals surface area contributed by atoms with Crippen LogP contribution in [0.2, 0.25) is 5.02 Å². The predicted octanol–water partition coefficient (Wildman–Crippen LogP) is 2.26. The Kier molecular flexibility index (Phi) is 6.88. The maximum absolute atomic E-state index is 12.9. The summed E-state index contributed by atoms with van der Waals surface area (Å²) < 4.78 is 27.6. The number of nitrogens with two attached hydrogens (primary N) is 1. The molecule has 10 nitrogen and oxygen atoms in total. The molecule has 1 aliphatic heterocycles. The standard InChI is InChI=1S/C24H18ClN3O7S/c25-19-3-1-2-4-20(19)28-22(30)17-10-7-15(11-18(17)23(28)31)24(32)35-13-21(29)27-12-14-5-8-16(9-6-14)36(26,33)34/h1-11H,12-13H2,(H,27,29)(H2,26,33,34). The third-order valence-corrected chi connectivity index (χ3v) is 6.54. The van der Waals surface area contributed by atoms with Crippen molar-refractivity contribution < 1.29 is 32.3 Å². The number of nitrogens with one attached hydrogen (secondary N) is 1. The number of benzene rings is 3. The Morgan fingerprint density at radius 1 is 0.944 bits per heavy atom. The molecule has 0 fully saturated rings. The highest BCUT2D eigenvalue weighted by atomic mass is 35.5. The molecule has 36 heavy (non-hydrogen) atoms. The maximum Gasteiger partial charge on any atom is 0.338 e. The van der Waals surface area contributed by atoms with E-state index < -0.39 is 40.3 Å². The van der Waals surface area contributed by atoms with Crippen molar-refractivity contribution in [3.05, 3.63) is 94.0 Å². The molecule has 0 radical (unpaired) electrons. The zero-order chi connectivity index (χ0) is 26.0. The highest BCUT2D eigenvalue weighted by Crippen LogP contribution is 2.33. The molecule has 3 aromatic rings. The second-order valence-electron chi connectivity index (χ2n) is 7.70. The fourth-order valence-corrected chi connectivity index (χ4v) is 4.22. The van der Waals surface area contributed by atoms with Crippen LogP contribution in [0.1, 0.15) is 36.6 Å². The molecular weight excluding hydrogens is 510 g/mol. The van der Waals surface area contributed by atoms with Crippen molar-refractivity contribution in [2.45, 2.75) is 11.4 Å². The third kappa shape index (κ3) is 5.13. The number of carbonyl (C=O) groups excluding carboxylic acids is 4. The molecule has 0 aliphatic carbocycles. The van der Waals surface area contributed by atoms with Gasteiger partial charge in [0.1, 0.15) is 0 Å². The molecule has 0 spiro atoms.